The van der Waals surface area contributed by atoms with Crippen LogP contribution in [0.4, 0.5) is 0 Å². The van der Waals surface area contributed by atoms with E-state index in [0.29, 0.717) is 30.3 Å². The zero-order chi connectivity index (χ0) is 15.2. The number of aldehydes is 1. The SMILES string of the molecule is O=Cc1c(OC2CCCCO2)cccc1OC1CCCCO1. The predicted octanol–water partition coefficient (Wildman–Crippen LogP) is 3.31. The molecule has 120 valence electrons. The topological polar surface area (TPSA) is 54.0 Å². The second-order valence-electron chi connectivity index (χ2n) is 5.61. The Balaban J connectivity index is 1.72. The van der Waals surface area contributed by atoms with Crippen molar-refractivity contribution < 1.29 is 23.7 Å². The van der Waals surface area contributed by atoms with E-state index in [4.69, 9.17) is 18.9 Å². The van der Waals surface area contributed by atoms with Crippen molar-refractivity contribution in [3.8, 4) is 11.5 Å². The fraction of sp³-hybridized carbons (Fsp3) is 0.588. The molecule has 0 radical (unpaired) electrons. The molecule has 22 heavy (non-hydrogen) atoms. The molecule has 2 unspecified atom stereocenters. The Bertz CT molecular complexity index is 452. The van der Waals surface area contributed by atoms with Gasteiger partial charge in [-0.15, -0.1) is 0 Å². The lowest BCUT2D eigenvalue weighted by Gasteiger charge is -2.26. The fourth-order valence-electron chi connectivity index (χ4n) is 2.74. The molecule has 2 fully saturated rings. The van der Waals surface area contributed by atoms with E-state index in [0.717, 1.165) is 44.8 Å². The van der Waals surface area contributed by atoms with Gasteiger partial charge in [0.1, 0.15) is 11.5 Å². The molecular weight excluding hydrogens is 284 g/mol. The van der Waals surface area contributed by atoms with Crippen molar-refractivity contribution in [2.75, 3.05) is 13.2 Å². The summed E-state index contributed by atoms with van der Waals surface area (Å²) in [5, 5.41) is 0. The van der Waals surface area contributed by atoms with E-state index in [9.17, 15) is 4.79 Å². The lowest BCUT2D eigenvalue weighted by Crippen LogP contribution is -2.26. The number of hydrogen-bond donors (Lipinski definition) is 0. The first-order chi connectivity index (χ1) is 10.9. The maximum atomic E-state index is 11.5. The maximum absolute atomic E-state index is 11.5. The third-order valence-electron chi connectivity index (χ3n) is 3.94. The molecule has 0 N–H and O–H groups in total. The van der Waals surface area contributed by atoms with Crippen LogP contribution in [0.5, 0.6) is 11.5 Å². The van der Waals surface area contributed by atoms with E-state index in [2.05, 4.69) is 0 Å². The van der Waals surface area contributed by atoms with E-state index >= 15 is 0 Å². The van der Waals surface area contributed by atoms with Gasteiger partial charge in [-0.25, -0.2) is 0 Å². The quantitative estimate of drug-likeness (QED) is 0.781. The lowest BCUT2D eigenvalue weighted by molar-refractivity contribution is -0.109. The highest BCUT2D eigenvalue weighted by molar-refractivity contribution is 5.83. The summed E-state index contributed by atoms with van der Waals surface area (Å²) in [5.41, 5.74) is 0.422. The van der Waals surface area contributed by atoms with Crippen LogP contribution in [-0.2, 0) is 9.47 Å². The molecule has 2 aliphatic rings. The second kappa shape index (κ2) is 7.61. The molecule has 2 heterocycles. The van der Waals surface area contributed by atoms with Gasteiger partial charge >= 0.3 is 0 Å². The molecule has 1 aromatic rings. The Morgan fingerprint density at radius 2 is 1.45 bits per heavy atom. The summed E-state index contributed by atoms with van der Waals surface area (Å²) in [6, 6.07) is 5.37. The summed E-state index contributed by atoms with van der Waals surface area (Å²) in [4.78, 5) is 11.5. The Morgan fingerprint density at radius 1 is 0.909 bits per heavy atom. The largest absolute Gasteiger partial charge is 0.464 e. The molecule has 0 bridgehead atoms. The lowest BCUT2D eigenvalue weighted by atomic mass is 10.1. The summed E-state index contributed by atoms with van der Waals surface area (Å²) in [6.07, 6.45) is 6.16. The van der Waals surface area contributed by atoms with Crippen molar-refractivity contribution in [2.45, 2.75) is 51.1 Å². The van der Waals surface area contributed by atoms with Gasteiger partial charge in [0.05, 0.1) is 18.8 Å². The molecule has 5 heteroatoms. The monoisotopic (exact) mass is 306 g/mol. The van der Waals surface area contributed by atoms with E-state index in [-0.39, 0.29) is 12.6 Å². The highest BCUT2D eigenvalue weighted by Crippen LogP contribution is 2.31. The molecule has 0 aliphatic carbocycles. The van der Waals surface area contributed by atoms with Crippen molar-refractivity contribution in [3.63, 3.8) is 0 Å². The number of hydrogen-bond acceptors (Lipinski definition) is 5. The van der Waals surface area contributed by atoms with Gasteiger partial charge in [0.2, 0.25) is 0 Å². The highest BCUT2D eigenvalue weighted by atomic mass is 16.7. The number of ether oxygens (including phenoxy) is 4. The van der Waals surface area contributed by atoms with Gasteiger partial charge in [-0.3, -0.25) is 4.79 Å². The summed E-state index contributed by atoms with van der Waals surface area (Å²) in [7, 11) is 0. The Hall–Kier alpha value is -1.59. The van der Waals surface area contributed by atoms with Gasteiger partial charge in [0, 0.05) is 12.8 Å². The summed E-state index contributed by atoms with van der Waals surface area (Å²) >= 11 is 0. The average Bonchev–Trinajstić information content (AvgIpc) is 2.57. The third-order valence-corrected chi connectivity index (χ3v) is 3.94. The minimum absolute atomic E-state index is 0.284. The Kier molecular flexibility index (Phi) is 5.29. The van der Waals surface area contributed by atoms with Gasteiger partial charge in [-0.05, 0) is 37.8 Å². The van der Waals surface area contributed by atoms with E-state index in [1.807, 2.05) is 6.07 Å². The van der Waals surface area contributed by atoms with Crippen LogP contribution in [0.15, 0.2) is 18.2 Å². The third kappa shape index (κ3) is 3.78. The maximum Gasteiger partial charge on any atom is 0.199 e. The normalized spacial score (nSPS) is 25.5. The van der Waals surface area contributed by atoms with Crippen LogP contribution in [0.2, 0.25) is 0 Å². The second-order valence-corrected chi connectivity index (χ2v) is 5.61. The molecule has 0 amide bonds. The molecule has 0 spiro atoms. The molecule has 2 atom stereocenters. The standard InChI is InChI=1S/C17H22O5/c18-12-13-14(21-16-8-1-3-10-19-16)6-5-7-15(13)22-17-9-2-4-11-20-17/h5-7,12,16-17H,1-4,8-11H2. The smallest absolute Gasteiger partial charge is 0.199 e. The van der Waals surface area contributed by atoms with Crippen molar-refractivity contribution in [2.24, 2.45) is 0 Å². The van der Waals surface area contributed by atoms with Gasteiger partial charge in [0.25, 0.3) is 0 Å². The Labute approximate surface area is 130 Å². The summed E-state index contributed by atoms with van der Waals surface area (Å²) in [5.74, 6) is 1.02. The zero-order valence-corrected chi connectivity index (χ0v) is 12.7. The first kappa shape index (κ1) is 15.3. The molecule has 0 saturated carbocycles. The predicted molar refractivity (Wildman–Crippen MR) is 80.3 cm³/mol. The Morgan fingerprint density at radius 3 is 1.86 bits per heavy atom. The molecule has 5 nitrogen and oxygen atoms in total. The van der Waals surface area contributed by atoms with Crippen LogP contribution in [0.1, 0.15) is 48.9 Å². The van der Waals surface area contributed by atoms with Crippen LogP contribution < -0.4 is 9.47 Å². The van der Waals surface area contributed by atoms with E-state index < -0.39 is 0 Å². The van der Waals surface area contributed by atoms with Crippen LogP contribution in [0, 0.1) is 0 Å². The van der Waals surface area contributed by atoms with Crippen LogP contribution in [0.3, 0.4) is 0 Å². The van der Waals surface area contributed by atoms with Crippen LogP contribution in [-0.4, -0.2) is 32.1 Å². The highest BCUT2D eigenvalue weighted by Gasteiger charge is 2.21. The number of carbonyl (C=O) groups is 1. The van der Waals surface area contributed by atoms with Gasteiger partial charge in [0.15, 0.2) is 18.9 Å². The van der Waals surface area contributed by atoms with Crippen LogP contribution in [0.25, 0.3) is 0 Å². The molecule has 3 rings (SSSR count). The first-order valence-electron chi connectivity index (χ1n) is 8.01. The van der Waals surface area contributed by atoms with Gasteiger partial charge in [-0.2, -0.15) is 0 Å². The fourth-order valence-corrected chi connectivity index (χ4v) is 2.74. The number of rotatable bonds is 5. The minimum atomic E-state index is -0.284. The van der Waals surface area contributed by atoms with Gasteiger partial charge in [-0.1, -0.05) is 6.07 Å². The molecule has 0 aromatic heterocycles. The minimum Gasteiger partial charge on any atom is -0.464 e. The summed E-state index contributed by atoms with van der Waals surface area (Å²) < 4.78 is 22.8. The average molecular weight is 306 g/mol. The van der Waals surface area contributed by atoms with Crippen molar-refractivity contribution >= 4 is 6.29 Å². The molecular formula is C17H22O5. The molecule has 2 saturated heterocycles. The van der Waals surface area contributed by atoms with Gasteiger partial charge < -0.3 is 18.9 Å². The van der Waals surface area contributed by atoms with Crippen molar-refractivity contribution in [1.82, 2.24) is 0 Å². The molecule has 1 aromatic carbocycles. The van der Waals surface area contributed by atoms with E-state index in [1.165, 1.54) is 0 Å². The zero-order valence-electron chi connectivity index (χ0n) is 12.7. The van der Waals surface area contributed by atoms with Crippen molar-refractivity contribution in [3.05, 3.63) is 23.8 Å². The van der Waals surface area contributed by atoms with Crippen molar-refractivity contribution in [1.29, 1.82) is 0 Å². The van der Waals surface area contributed by atoms with Crippen LogP contribution >= 0.6 is 0 Å². The number of benzene rings is 1. The van der Waals surface area contributed by atoms with E-state index in [1.54, 1.807) is 12.1 Å². The number of carbonyl (C=O) groups excluding carboxylic acids is 1. The summed E-state index contributed by atoms with van der Waals surface area (Å²) in [6.45, 7) is 1.40. The molecule has 2 aliphatic heterocycles. The first-order valence-corrected chi connectivity index (χ1v) is 8.01.